The standard InChI is InChI=1S/C14H19IN2O.ClH/c15-13-5-1-3-11(7-13)8-14(18)17-10-12-4-2-6-16-9-12;/h1,3,5,7,12,16H,2,4,6,8-10H2,(H,17,18);1H. The molecule has 1 heterocycles. The molecule has 1 fully saturated rings. The number of nitrogens with one attached hydrogen (secondary N) is 2. The summed E-state index contributed by atoms with van der Waals surface area (Å²) in [5, 5.41) is 6.40. The van der Waals surface area contributed by atoms with E-state index in [9.17, 15) is 4.79 Å². The Balaban J connectivity index is 0.00000180. The van der Waals surface area contributed by atoms with Crippen LogP contribution in [0.3, 0.4) is 0 Å². The van der Waals surface area contributed by atoms with E-state index in [0.717, 1.165) is 25.2 Å². The van der Waals surface area contributed by atoms with Crippen molar-refractivity contribution in [3.63, 3.8) is 0 Å². The van der Waals surface area contributed by atoms with Gasteiger partial charge in [0.25, 0.3) is 0 Å². The molecule has 1 aliphatic rings. The number of carbonyl (C=O) groups is 1. The van der Waals surface area contributed by atoms with Crippen molar-refractivity contribution in [2.24, 2.45) is 5.92 Å². The second-order valence-corrected chi connectivity index (χ2v) is 6.07. The van der Waals surface area contributed by atoms with E-state index in [2.05, 4.69) is 39.3 Å². The summed E-state index contributed by atoms with van der Waals surface area (Å²) in [6.07, 6.45) is 2.92. The van der Waals surface area contributed by atoms with Crippen molar-refractivity contribution in [2.45, 2.75) is 19.3 Å². The lowest BCUT2D eigenvalue weighted by Crippen LogP contribution is -2.38. The van der Waals surface area contributed by atoms with Gasteiger partial charge >= 0.3 is 0 Å². The molecule has 2 N–H and O–H groups in total. The van der Waals surface area contributed by atoms with Gasteiger partial charge in [0.15, 0.2) is 0 Å². The van der Waals surface area contributed by atoms with Gasteiger partial charge in [0.1, 0.15) is 0 Å². The van der Waals surface area contributed by atoms with E-state index in [1.807, 2.05) is 18.2 Å². The second kappa shape index (κ2) is 8.76. The SMILES string of the molecule is Cl.O=C(Cc1cccc(I)c1)NCC1CCCNC1. The summed E-state index contributed by atoms with van der Waals surface area (Å²) in [7, 11) is 0. The molecule has 1 aliphatic heterocycles. The number of hydrogen-bond donors (Lipinski definition) is 2. The minimum absolute atomic E-state index is 0. The Kier molecular flexibility index (Phi) is 7.71. The van der Waals surface area contributed by atoms with Gasteiger partial charge in [0, 0.05) is 10.1 Å². The Hall–Kier alpha value is -0.330. The van der Waals surface area contributed by atoms with Crippen LogP contribution in [-0.4, -0.2) is 25.5 Å². The van der Waals surface area contributed by atoms with Gasteiger partial charge in [-0.1, -0.05) is 12.1 Å². The molecule has 0 spiro atoms. The average molecular weight is 395 g/mol. The Labute approximate surface area is 134 Å². The minimum Gasteiger partial charge on any atom is -0.355 e. The molecule has 0 aliphatic carbocycles. The molecule has 19 heavy (non-hydrogen) atoms. The summed E-state index contributed by atoms with van der Waals surface area (Å²) < 4.78 is 1.18. The number of hydrogen-bond acceptors (Lipinski definition) is 2. The highest BCUT2D eigenvalue weighted by atomic mass is 127. The zero-order valence-electron chi connectivity index (χ0n) is 10.8. The van der Waals surface area contributed by atoms with Crippen molar-refractivity contribution in [3.05, 3.63) is 33.4 Å². The summed E-state index contributed by atoms with van der Waals surface area (Å²) in [5.41, 5.74) is 1.08. The van der Waals surface area contributed by atoms with Crippen LogP contribution in [0.2, 0.25) is 0 Å². The maximum Gasteiger partial charge on any atom is 0.224 e. The zero-order chi connectivity index (χ0) is 12.8. The van der Waals surface area contributed by atoms with Crippen LogP contribution in [0.5, 0.6) is 0 Å². The van der Waals surface area contributed by atoms with Crippen molar-refractivity contribution in [1.29, 1.82) is 0 Å². The van der Waals surface area contributed by atoms with Crippen LogP contribution in [0.25, 0.3) is 0 Å². The zero-order valence-corrected chi connectivity index (χ0v) is 13.8. The Morgan fingerprint density at radius 1 is 1.47 bits per heavy atom. The van der Waals surface area contributed by atoms with Gasteiger partial charge in [-0.3, -0.25) is 4.79 Å². The van der Waals surface area contributed by atoms with Crippen LogP contribution in [0, 0.1) is 9.49 Å². The van der Waals surface area contributed by atoms with E-state index < -0.39 is 0 Å². The van der Waals surface area contributed by atoms with Crippen molar-refractivity contribution < 1.29 is 4.79 Å². The highest BCUT2D eigenvalue weighted by Gasteiger charge is 2.13. The van der Waals surface area contributed by atoms with Crippen LogP contribution in [0.4, 0.5) is 0 Å². The first-order valence-electron chi connectivity index (χ1n) is 6.46. The average Bonchev–Trinajstić information content (AvgIpc) is 2.38. The normalized spacial score (nSPS) is 18.5. The molecule has 0 saturated carbocycles. The molecule has 0 bridgehead atoms. The van der Waals surface area contributed by atoms with Gasteiger partial charge in [-0.25, -0.2) is 0 Å². The number of benzene rings is 1. The quantitative estimate of drug-likeness (QED) is 0.770. The van der Waals surface area contributed by atoms with Gasteiger partial charge < -0.3 is 10.6 Å². The summed E-state index contributed by atoms with van der Waals surface area (Å²) in [6.45, 7) is 2.95. The van der Waals surface area contributed by atoms with Gasteiger partial charge in [-0.15, -0.1) is 12.4 Å². The van der Waals surface area contributed by atoms with E-state index in [4.69, 9.17) is 0 Å². The number of piperidine rings is 1. The summed E-state index contributed by atoms with van der Waals surface area (Å²) in [6, 6.07) is 8.09. The van der Waals surface area contributed by atoms with Gasteiger partial charge in [0.05, 0.1) is 6.42 Å². The van der Waals surface area contributed by atoms with Crippen LogP contribution >= 0.6 is 35.0 Å². The predicted octanol–water partition coefficient (Wildman–Crippen LogP) is 2.37. The summed E-state index contributed by atoms with van der Waals surface area (Å²) in [5.74, 6) is 0.723. The van der Waals surface area contributed by atoms with Gasteiger partial charge in [0.2, 0.25) is 5.91 Å². The number of amides is 1. The molecule has 1 aromatic carbocycles. The monoisotopic (exact) mass is 394 g/mol. The predicted molar refractivity (Wildman–Crippen MR) is 88.7 cm³/mol. The third kappa shape index (κ3) is 6.10. The third-order valence-corrected chi connectivity index (χ3v) is 3.91. The molecule has 1 amide bonds. The first-order chi connectivity index (χ1) is 8.74. The van der Waals surface area contributed by atoms with Gasteiger partial charge in [-0.05, 0) is 72.1 Å². The Morgan fingerprint density at radius 2 is 2.32 bits per heavy atom. The lowest BCUT2D eigenvalue weighted by Gasteiger charge is -2.22. The number of carbonyl (C=O) groups excluding carboxylic acids is 1. The Bertz CT molecular complexity index is 408. The summed E-state index contributed by atoms with van der Waals surface area (Å²) in [4.78, 5) is 11.8. The minimum atomic E-state index is 0. The highest BCUT2D eigenvalue weighted by Crippen LogP contribution is 2.10. The van der Waals surface area contributed by atoms with Crippen LogP contribution < -0.4 is 10.6 Å². The van der Waals surface area contributed by atoms with E-state index in [1.54, 1.807) is 0 Å². The molecule has 1 unspecified atom stereocenters. The smallest absolute Gasteiger partial charge is 0.224 e. The largest absolute Gasteiger partial charge is 0.355 e. The lowest BCUT2D eigenvalue weighted by molar-refractivity contribution is -0.120. The first kappa shape index (κ1) is 16.7. The fraction of sp³-hybridized carbons (Fsp3) is 0.500. The molecule has 106 valence electrons. The fourth-order valence-corrected chi connectivity index (χ4v) is 2.86. The maximum atomic E-state index is 11.8. The van der Waals surface area contributed by atoms with E-state index >= 15 is 0 Å². The van der Waals surface area contributed by atoms with Crippen molar-refractivity contribution >= 4 is 40.9 Å². The highest BCUT2D eigenvalue weighted by molar-refractivity contribution is 14.1. The molecular formula is C14H20ClIN2O. The molecule has 1 atom stereocenters. The maximum absolute atomic E-state index is 11.8. The van der Waals surface area contributed by atoms with Crippen LogP contribution in [-0.2, 0) is 11.2 Å². The first-order valence-corrected chi connectivity index (χ1v) is 7.54. The fourth-order valence-electron chi connectivity index (χ4n) is 2.25. The van der Waals surface area contributed by atoms with E-state index in [0.29, 0.717) is 12.3 Å². The van der Waals surface area contributed by atoms with Crippen molar-refractivity contribution in [3.8, 4) is 0 Å². The second-order valence-electron chi connectivity index (χ2n) is 4.82. The van der Waals surface area contributed by atoms with Crippen LogP contribution in [0.1, 0.15) is 18.4 Å². The third-order valence-electron chi connectivity index (χ3n) is 3.24. The molecule has 5 heteroatoms. The Morgan fingerprint density at radius 3 is 3.00 bits per heavy atom. The number of halogens is 2. The molecule has 1 aromatic rings. The molecule has 0 aromatic heterocycles. The summed E-state index contributed by atoms with van der Waals surface area (Å²) >= 11 is 2.27. The lowest BCUT2D eigenvalue weighted by atomic mass is 10.00. The molecule has 0 radical (unpaired) electrons. The van der Waals surface area contributed by atoms with Crippen LogP contribution in [0.15, 0.2) is 24.3 Å². The topological polar surface area (TPSA) is 41.1 Å². The molecular weight excluding hydrogens is 375 g/mol. The molecule has 1 saturated heterocycles. The molecule has 3 nitrogen and oxygen atoms in total. The van der Waals surface area contributed by atoms with Crippen molar-refractivity contribution in [2.75, 3.05) is 19.6 Å². The van der Waals surface area contributed by atoms with E-state index in [1.165, 1.54) is 16.4 Å². The van der Waals surface area contributed by atoms with Gasteiger partial charge in [-0.2, -0.15) is 0 Å². The molecule has 2 rings (SSSR count). The van der Waals surface area contributed by atoms with E-state index in [-0.39, 0.29) is 18.3 Å². The van der Waals surface area contributed by atoms with Crippen molar-refractivity contribution in [1.82, 2.24) is 10.6 Å². The number of rotatable bonds is 4.